The first-order chi connectivity index (χ1) is 29.3. The number of rotatable bonds is 9. The monoisotopic (exact) mass is 751 g/mol. The van der Waals surface area contributed by atoms with Crippen molar-refractivity contribution < 1.29 is 0 Å². The third kappa shape index (κ3) is 7.12. The third-order valence-electron chi connectivity index (χ3n) is 11.3. The number of benzene rings is 10. The van der Waals surface area contributed by atoms with Gasteiger partial charge >= 0.3 is 0 Å². The summed E-state index contributed by atoms with van der Waals surface area (Å²) < 4.78 is 0. The van der Waals surface area contributed by atoms with E-state index in [-0.39, 0.29) is 0 Å². The standard InChI is InChI=1S/C58H41N/c1-4-17-42(18-5-1)48-35-40-58(57(41-48)45-21-8-3-9-22-45)59(49-36-31-46(32-37-49)52-30-16-24-44-23-10-11-25-51(44)52)50-38-33-47(34-39-50)54-27-13-15-29-56(54)55-28-14-12-26-53(55)43-19-6-2-7-20-43/h1-41H. The molecule has 0 saturated carbocycles. The molecule has 0 aromatic heterocycles. The van der Waals surface area contributed by atoms with Crippen LogP contribution in [-0.4, -0.2) is 0 Å². The molecular formula is C58H41N. The van der Waals surface area contributed by atoms with Crippen molar-refractivity contribution in [1.29, 1.82) is 0 Å². The number of anilines is 3. The van der Waals surface area contributed by atoms with Gasteiger partial charge in [-0.05, 0) is 108 Å². The molecule has 10 aromatic carbocycles. The summed E-state index contributed by atoms with van der Waals surface area (Å²) in [5, 5.41) is 2.50. The zero-order chi connectivity index (χ0) is 39.4. The quantitative estimate of drug-likeness (QED) is 0.142. The summed E-state index contributed by atoms with van der Waals surface area (Å²) in [6.45, 7) is 0. The van der Waals surface area contributed by atoms with E-state index in [1.54, 1.807) is 0 Å². The van der Waals surface area contributed by atoms with Crippen molar-refractivity contribution in [1.82, 2.24) is 0 Å². The highest BCUT2D eigenvalue weighted by Crippen LogP contribution is 2.45. The Morgan fingerprint density at radius 2 is 0.610 bits per heavy atom. The van der Waals surface area contributed by atoms with Gasteiger partial charge in [0.15, 0.2) is 0 Å². The number of hydrogen-bond acceptors (Lipinski definition) is 1. The molecule has 59 heavy (non-hydrogen) atoms. The van der Waals surface area contributed by atoms with E-state index in [0.717, 1.165) is 22.6 Å². The van der Waals surface area contributed by atoms with Crippen molar-refractivity contribution in [3.63, 3.8) is 0 Å². The lowest BCUT2D eigenvalue weighted by molar-refractivity contribution is 1.28. The molecule has 0 aliphatic heterocycles. The predicted octanol–water partition coefficient (Wildman–Crippen LogP) is 16.3. The van der Waals surface area contributed by atoms with Gasteiger partial charge in [-0.1, -0.05) is 212 Å². The minimum Gasteiger partial charge on any atom is -0.310 e. The Hall–Kier alpha value is -7.74. The summed E-state index contributed by atoms with van der Waals surface area (Å²) in [6, 6.07) is 89.8. The molecule has 0 aliphatic carbocycles. The van der Waals surface area contributed by atoms with Gasteiger partial charge in [0.2, 0.25) is 0 Å². The fraction of sp³-hybridized carbons (Fsp3) is 0. The van der Waals surface area contributed by atoms with Crippen molar-refractivity contribution in [2.75, 3.05) is 4.90 Å². The van der Waals surface area contributed by atoms with Crippen LogP contribution in [0.15, 0.2) is 249 Å². The topological polar surface area (TPSA) is 3.24 Å². The highest BCUT2D eigenvalue weighted by Gasteiger charge is 2.20. The molecule has 0 spiro atoms. The molecule has 0 N–H and O–H groups in total. The van der Waals surface area contributed by atoms with Crippen LogP contribution in [0.25, 0.3) is 77.5 Å². The molecule has 0 aliphatic rings. The lowest BCUT2D eigenvalue weighted by atomic mass is 9.89. The highest BCUT2D eigenvalue weighted by atomic mass is 15.1. The maximum absolute atomic E-state index is 2.41. The summed E-state index contributed by atoms with van der Waals surface area (Å²) >= 11 is 0. The molecule has 1 heteroatoms. The zero-order valence-corrected chi connectivity index (χ0v) is 32.6. The summed E-state index contributed by atoms with van der Waals surface area (Å²) in [6.07, 6.45) is 0. The van der Waals surface area contributed by atoms with Crippen molar-refractivity contribution in [3.8, 4) is 66.8 Å². The Kier molecular flexibility index (Phi) is 9.68. The van der Waals surface area contributed by atoms with Crippen LogP contribution in [0.4, 0.5) is 17.1 Å². The second-order valence-corrected chi connectivity index (χ2v) is 14.9. The molecule has 0 saturated heterocycles. The molecule has 0 bridgehead atoms. The van der Waals surface area contributed by atoms with E-state index in [0.29, 0.717) is 0 Å². The van der Waals surface area contributed by atoms with Crippen LogP contribution < -0.4 is 4.90 Å². The summed E-state index contributed by atoms with van der Waals surface area (Å²) in [5.74, 6) is 0. The van der Waals surface area contributed by atoms with E-state index in [2.05, 4.69) is 254 Å². The van der Waals surface area contributed by atoms with Gasteiger partial charge in [-0.25, -0.2) is 0 Å². The summed E-state index contributed by atoms with van der Waals surface area (Å²) in [4.78, 5) is 2.41. The first-order valence-corrected chi connectivity index (χ1v) is 20.3. The summed E-state index contributed by atoms with van der Waals surface area (Å²) in [7, 11) is 0. The normalized spacial score (nSPS) is 11.1. The molecule has 0 unspecified atom stereocenters. The predicted molar refractivity (Wildman–Crippen MR) is 251 cm³/mol. The first-order valence-electron chi connectivity index (χ1n) is 20.3. The fourth-order valence-corrected chi connectivity index (χ4v) is 8.43. The molecule has 0 atom stereocenters. The minimum absolute atomic E-state index is 1.08. The van der Waals surface area contributed by atoms with Gasteiger partial charge in [-0.2, -0.15) is 0 Å². The molecule has 0 heterocycles. The fourth-order valence-electron chi connectivity index (χ4n) is 8.43. The zero-order valence-electron chi connectivity index (χ0n) is 32.6. The maximum Gasteiger partial charge on any atom is 0.0540 e. The summed E-state index contributed by atoms with van der Waals surface area (Å²) in [5.41, 5.74) is 17.6. The number of nitrogens with zero attached hydrogens (tertiary/aromatic N) is 1. The Balaban J connectivity index is 1.11. The van der Waals surface area contributed by atoms with Crippen molar-refractivity contribution in [3.05, 3.63) is 249 Å². The second kappa shape index (κ2) is 16.0. The second-order valence-electron chi connectivity index (χ2n) is 14.9. The molecule has 10 aromatic rings. The average Bonchev–Trinajstić information content (AvgIpc) is 3.33. The third-order valence-corrected chi connectivity index (χ3v) is 11.3. The van der Waals surface area contributed by atoms with E-state index in [4.69, 9.17) is 0 Å². The smallest absolute Gasteiger partial charge is 0.0540 e. The molecule has 0 fully saturated rings. The SMILES string of the molecule is c1ccc(-c2ccc(N(c3ccc(-c4ccccc4-c4ccccc4-c4ccccc4)cc3)c3ccc(-c4cccc5ccccc45)cc3)c(-c3ccccc3)c2)cc1. The lowest BCUT2D eigenvalue weighted by Crippen LogP contribution is -2.11. The van der Waals surface area contributed by atoms with E-state index in [1.807, 2.05) is 0 Å². The van der Waals surface area contributed by atoms with Crippen molar-refractivity contribution >= 4 is 27.8 Å². The average molecular weight is 752 g/mol. The number of fused-ring (bicyclic) bond motifs is 1. The van der Waals surface area contributed by atoms with Gasteiger partial charge in [0.05, 0.1) is 5.69 Å². The van der Waals surface area contributed by atoms with Crippen LogP contribution in [-0.2, 0) is 0 Å². The Labute approximate surface area is 346 Å². The van der Waals surface area contributed by atoms with Gasteiger partial charge in [0, 0.05) is 16.9 Å². The van der Waals surface area contributed by atoms with Crippen LogP contribution in [0.5, 0.6) is 0 Å². The van der Waals surface area contributed by atoms with Crippen molar-refractivity contribution in [2.24, 2.45) is 0 Å². The molecular weight excluding hydrogens is 711 g/mol. The van der Waals surface area contributed by atoms with Crippen LogP contribution in [0, 0.1) is 0 Å². The lowest BCUT2D eigenvalue weighted by Gasteiger charge is -2.29. The first kappa shape index (κ1) is 35.7. The van der Waals surface area contributed by atoms with Gasteiger partial charge in [0.25, 0.3) is 0 Å². The number of hydrogen-bond donors (Lipinski definition) is 0. The Morgan fingerprint density at radius 3 is 1.19 bits per heavy atom. The molecule has 10 rings (SSSR count). The maximum atomic E-state index is 2.41. The Morgan fingerprint density at radius 1 is 0.220 bits per heavy atom. The van der Waals surface area contributed by atoms with Gasteiger partial charge in [-0.15, -0.1) is 0 Å². The largest absolute Gasteiger partial charge is 0.310 e. The van der Waals surface area contributed by atoms with E-state index in [9.17, 15) is 0 Å². The highest BCUT2D eigenvalue weighted by molar-refractivity contribution is 5.98. The van der Waals surface area contributed by atoms with Gasteiger partial charge in [-0.3, -0.25) is 0 Å². The van der Waals surface area contributed by atoms with E-state index < -0.39 is 0 Å². The van der Waals surface area contributed by atoms with E-state index in [1.165, 1.54) is 72.0 Å². The van der Waals surface area contributed by atoms with Crippen molar-refractivity contribution in [2.45, 2.75) is 0 Å². The molecule has 0 amide bonds. The molecule has 278 valence electrons. The minimum atomic E-state index is 1.08. The van der Waals surface area contributed by atoms with E-state index >= 15 is 0 Å². The van der Waals surface area contributed by atoms with Gasteiger partial charge in [0.1, 0.15) is 0 Å². The molecule has 0 radical (unpaired) electrons. The van der Waals surface area contributed by atoms with Crippen LogP contribution in [0.2, 0.25) is 0 Å². The van der Waals surface area contributed by atoms with Crippen LogP contribution in [0.3, 0.4) is 0 Å². The van der Waals surface area contributed by atoms with Gasteiger partial charge < -0.3 is 4.90 Å². The Bertz CT molecular complexity index is 3000. The molecule has 1 nitrogen and oxygen atoms in total. The van der Waals surface area contributed by atoms with Crippen LogP contribution in [0.1, 0.15) is 0 Å². The van der Waals surface area contributed by atoms with Crippen LogP contribution >= 0.6 is 0 Å².